The number of fused-ring (bicyclic) bond motifs is 1. The van der Waals surface area contributed by atoms with Crippen molar-refractivity contribution in [3.05, 3.63) is 41.8 Å². The fourth-order valence-corrected chi connectivity index (χ4v) is 2.90. The van der Waals surface area contributed by atoms with Gasteiger partial charge in [0.1, 0.15) is 5.82 Å². The molecule has 1 aliphatic heterocycles. The Kier molecular flexibility index (Phi) is 3.73. The molecule has 1 aliphatic rings. The fraction of sp³-hybridized carbons (Fsp3) is 0.312. The number of carbonyl (C=O) groups is 2. The van der Waals surface area contributed by atoms with Gasteiger partial charge < -0.3 is 15.7 Å². The van der Waals surface area contributed by atoms with Crippen LogP contribution in [-0.4, -0.2) is 45.5 Å². The lowest BCUT2D eigenvalue weighted by Gasteiger charge is -2.37. The number of β-amino-alcohol motifs (C(OH)–C–C–N with tert-alkyl or cyclic N) is 1. The van der Waals surface area contributed by atoms with Crippen LogP contribution in [0.3, 0.4) is 0 Å². The molecule has 0 spiro atoms. The van der Waals surface area contributed by atoms with E-state index in [1.165, 1.54) is 17.2 Å². The van der Waals surface area contributed by atoms with Crippen molar-refractivity contribution in [3.8, 4) is 0 Å². The highest BCUT2D eigenvalue weighted by atomic mass is 19.1. The van der Waals surface area contributed by atoms with Crippen molar-refractivity contribution in [2.75, 3.05) is 13.1 Å². The van der Waals surface area contributed by atoms with Crippen LogP contribution in [0.1, 0.15) is 23.2 Å². The monoisotopic (exact) mass is 317 g/mol. The predicted octanol–water partition coefficient (Wildman–Crippen LogP) is 0.826. The summed E-state index contributed by atoms with van der Waals surface area (Å²) >= 11 is 0. The number of rotatable bonds is 2. The molecule has 0 aliphatic carbocycles. The molecule has 0 radical (unpaired) electrons. The van der Waals surface area contributed by atoms with E-state index >= 15 is 0 Å². The van der Waals surface area contributed by atoms with E-state index in [1.807, 2.05) is 0 Å². The summed E-state index contributed by atoms with van der Waals surface area (Å²) < 4.78 is 13.8. The van der Waals surface area contributed by atoms with Crippen molar-refractivity contribution in [1.29, 1.82) is 0 Å². The molecule has 2 heterocycles. The Morgan fingerprint density at radius 2 is 2.17 bits per heavy atom. The summed E-state index contributed by atoms with van der Waals surface area (Å²) in [6, 6.07) is 5.74. The standard InChI is InChI=1S/C16H16FN3O3/c17-11-7-10-3-1-5-19-13(10)12(8-11)14(21)20-6-2-4-16(23,9-20)15(18)22/h1,3,5,7-8,23H,2,4,6,9H2,(H2,18,22)/t16-/m1/s1. The van der Waals surface area contributed by atoms with E-state index < -0.39 is 23.2 Å². The number of amides is 2. The maximum Gasteiger partial charge on any atom is 0.256 e. The van der Waals surface area contributed by atoms with Crippen molar-refractivity contribution >= 4 is 22.7 Å². The first-order chi connectivity index (χ1) is 10.9. The van der Waals surface area contributed by atoms with Crippen LogP contribution in [0.25, 0.3) is 10.9 Å². The highest BCUT2D eigenvalue weighted by Crippen LogP contribution is 2.25. The first kappa shape index (κ1) is 15.4. The maximum absolute atomic E-state index is 13.8. The maximum atomic E-state index is 13.8. The van der Waals surface area contributed by atoms with E-state index in [0.29, 0.717) is 23.9 Å². The van der Waals surface area contributed by atoms with Gasteiger partial charge in [-0.15, -0.1) is 0 Å². The van der Waals surface area contributed by atoms with Crippen LogP contribution >= 0.6 is 0 Å². The third-order valence-corrected chi connectivity index (χ3v) is 4.12. The minimum absolute atomic E-state index is 0.106. The molecule has 3 rings (SSSR count). The number of benzene rings is 1. The van der Waals surface area contributed by atoms with Crippen LogP contribution in [0.4, 0.5) is 4.39 Å². The van der Waals surface area contributed by atoms with Gasteiger partial charge in [0.2, 0.25) is 0 Å². The number of nitrogens with zero attached hydrogens (tertiary/aromatic N) is 2. The van der Waals surface area contributed by atoms with Crippen LogP contribution in [0.2, 0.25) is 0 Å². The normalized spacial score (nSPS) is 21.4. The molecular weight excluding hydrogens is 301 g/mol. The predicted molar refractivity (Wildman–Crippen MR) is 81.0 cm³/mol. The molecule has 0 bridgehead atoms. The molecule has 1 saturated heterocycles. The number of hydrogen-bond donors (Lipinski definition) is 2. The van der Waals surface area contributed by atoms with Crippen LogP contribution in [0.15, 0.2) is 30.5 Å². The van der Waals surface area contributed by atoms with E-state index in [-0.39, 0.29) is 18.5 Å². The molecular formula is C16H16FN3O3. The van der Waals surface area contributed by atoms with Gasteiger partial charge >= 0.3 is 0 Å². The molecule has 1 aromatic carbocycles. The lowest BCUT2D eigenvalue weighted by Crippen LogP contribution is -2.57. The number of hydrogen-bond acceptors (Lipinski definition) is 4. The molecule has 0 unspecified atom stereocenters. The highest BCUT2D eigenvalue weighted by molar-refractivity contribution is 6.05. The minimum atomic E-state index is -1.75. The number of aromatic nitrogens is 1. The Balaban J connectivity index is 1.99. The summed E-state index contributed by atoms with van der Waals surface area (Å²) in [5, 5.41) is 10.7. The summed E-state index contributed by atoms with van der Waals surface area (Å²) in [5.74, 6) is -1.89. The van der Waals surface area contributed by atoms with Crippen molar-refractivity contribution in [1.82, 2.24) is 9.88 Å². The molecule has 1 atom stereocenters. The average molecular weight is 317 g/mol. The van der Waals surface area contributed by atoms with Crippen LogP contribution in [0, 0.1) is 5.82 Å². The van der Waals surface area contributed by atoms with E-state index in [9.17, 15) is 19.1 Å². The molecule has 2 aromatic rings. The lowest BCUT2D eigenvalue weighted by molar-refractivity contribution is -0.140. The summed E-state index contributed by atoms with van der Waals surface area (Å²) in [4.78, 5) is 29.6. The highest BCUT2D eigenvalue weighted by Gasteiger charge is 2.40. The number of carbonyl (C=O) groups excluding carboxylic acids is 2. The molecule has 3 N–H and O–H groups in total. The SMILES string of the molecule is NC(=O)[C@@]1(O)CCCN(C(=O)c2cc(F)cc3cccnc23)C1. The third kappa shape index (κ3) is 2.75. The number of halogens is 1. The largest absolute Gasteiger partial charge is 0.378 e. The zero-order valence-electron chi connectivity index (χ0n) is 12.3. The smallest absolute Gasteiger partial charge is 0.256 e. The molecule has 6 nitrogen and oxygen atoms in total. The molecule has 1 fully saturated rings. The second kappa shape index (κ2) is 5.58. The van der Waals surface area contributed by atoms with Gasteiger partial charge in [0.05, 0.1) is 17.6 Å². The molecule has 0 saturated carbocycles. The molecule has 23 heavy (non-hydrogen) atoms. The number of nitrogens with two attached hydrogens (primary N) is 1. The number of pyridine rings is 1. The lowest BCUT2D eigenvalue weighted by atomic mass is 9.91. The molecule has 1 aromatic heterocycles. The van der Waals surface area contributed by atoms with Gasteiger partial charge in [-0.25, -0.2) is 4.39 Å². The van der Waals surface area contributed by atoms with Gasteiger partial charge in [-0.2, -0.15) is 0 Å². The van der Waals surface area contributed by atoms with E-state index in [4.69, 9.17) is 5.73 Å². The number of primary amides is 1. The van der Waals surface area contributed by atoms with E-state index in [1.54, 1.807) is 12.1 Å². The van der Waals surface area contributed by atoms with Crippen molar-refractivity contribution in [3.63, 3.8) is 0 Å². The van der Waals surface area contributed by atoms with Gasteiger partial charge in [0.15, 0.2) is 5.60 Å². The zero-order chi connectivity index (χ0) is 16.6. The Morgan fingerprint density at radius 3 is 2.91 bits per heavy atom. The summed E-state index contributed by atoms with van der Waals surface area (Å²) in [6.45, 7) is 0.158. The summed E-state index contributed by atoms with van der Waals surface area (Å²) in [7, 11) is 0. The van der Waals surface area contributed by atoms with Gasteiger partial charge in [-0.05, 0) is 31.0 Å². The Labute approximate surface area is 131 Å². The first-order valence-electron chi connectivity index (χ1n) is 7.26. The Hall–Kier alpha value is -2.54. The quantitative estimate of drug-likeness (QED) is 0.857. The van der Waals surface area contributed by atoms with Gasteiger partial charge in [-0.3, -0.25) is 14.6 Å². The van der Waals surface area contributed by atoms with Crippen LogP contribution in [0.5, 0.6) is 0 Å². The minimum Gasteiger partial charge on any atom is -0.378 e. The number of likely N-dealkylation sites (tertiary alicyclic amines) is 1. The number of aliphatic hydroxyl groups is 1. The average Bonchev–Trinajstić information content (AvgIpc) is 2.53. The Bertz CT molecular complexity index is 795. The van der Waals surface area contributed by atoms with E-state index in [0.717, 1.165) is 6.07 Å². The summed E-state index contributed by atoms with van der Waals surface area (Å²) in [6.07, 6.45) is 2.16. The van der Waals surface area contributed by atoms with Crippen LogP contribution < -0.4 is 5.73 Å². The van der Waals surface area contributed by atoms with Crippen molar-refractivity contribution in [2.24, 2.45) is 5.73 Å². The zero-order valence-corrected chi connectivity index (χ0v) is 12.3. The third-order valence-electron chi connectivity index (χ3n) is 4.12. The molecule has 120 valence electrons. The Morgan fingerprint density at radius 1 is 1.39 bits per heavy atom. The van der Waals surface area contributed by atoms with Crippen molar-refractivity contribution < 1.29 is 19.1 Å². The molecule has 7 heteroatoms. The first-order valence-corrected chi connectivity index (χ1v) is 7.26. The van der Waals surface area contributed by atoms with Gasteiger partial charge in [-0.1, -0.05) is 6.07 Å². The van der Waals surface area contributed by atoms with Gasteiger partial charge in [0.25, 0.3) is 11.8 Å². The second-order valence-corrected chi connectivity index (χ2v) is 5.75. The van der Waals surface area contributed by atoms with Crippen molar-refractivity contribution in [2.45, 2.75) is 18.4 Å². The second-order valence-electron chi connectivity index (χ2n) is 5.75. The topological polar surface area (TPSA) is 96.5 Å². The van der Waals surface area contributed by atoms with Crippen LogP contribution in [-0.2, 0) is 4.79 Å². The number of piperidine rings is 1. The molecule has 2 amide bonds. The fourth-order valence-electron chi connectivity index (χ4n) is 2.90. The van der Waals surface area contributed by atoms with E-state index in [2.05, 4.69) is 4.98 Å². The van der Waals surface area contributed by atoms with Gasteiger partial charge in [0, 0.05) is 18.1 Å². The summed E-state index contributed by atoms with van der Waals surface area (Å²) in [5.41, 5.74) is 3.96.